The maximum atomic E-state index is 12.4. The second-order valence-electron chi connectivity index (χ2n) is 8.35. The number of fused-ring (bicyclic) bond motifs is 1. The third-order valence-corrected chi connectivity index (χ3v) is 6.40. The number of hydrogen-bond acceptors (Lipinski definition) is 5. The normalized spacial score (nSPS) is 17.5. The Labute approximate surface area is 180 Å². The van der Waals surface area contributed by atoms with Crippen molar-refractivity contribution in [2.45, 2.75) is 45.6 Å². The molecule has 1 aliphatic carbocycles. The highest BCUT2D eigenvalue weighted by atomic mass is 35.5. The molecule has 0 atom stereocenters. The summed E-state index contributed by atoms with van der Waals surface area (Å²) in [6, 6.07) is 8.06. The van der Waals surface area contributed by atoms with E-state index in [0.29, 0.717) is 11.1 Å². The third kappa shape index (κ3) is 3.51. The fourth-order valence-corrected chi connectivity index (χ4v) is 4.38. The number of carbonyl (C=O) groups is 1. The van der Waals surface area contributed by atoms with Crippen molar-refractivity contribution in [1.82, 2.24) is 25.3 Å². The van der Waals surface area contributed by atoms with Crippen molar-refractivity contribution in [1.29, 1.82) is 0 Å². The molecule has 2 fully saturated rings. The van der Waals surface area contributed by atoms with Gasteiger partial charge in [0.2, 0.25) is 5.91 Å². The van der Waals surface area contributed by atoms with Gasteiger partial charge in [-0.1, -0.05) is 11.6 Å². The van der Waals surface area contributed by atoms with E-state index in [-0.39, 0.29) is 11.8 Å². The Balaban J connectivity index is 1.44. The predicted molar refractivity (Wildman–Crippen MR) is 117 cm³/mol. The molecule has 0 bridgehead atoms. The van der Waals surface area contributed by atoms with Gasteiger partial charge in [-0.05, 0) is 63.8 Å². The molecule has 156 valence electrons. The summed E-state index contributed by atoms with van der Waals surface area (Å²) in [7, 11) is 0. The SMILES string of the molecule is Cc1nnc(N2CCC(C(=O)NC3CC3)CC2)c2nn(-c3ccc(Cl)cc3)c(C)c12. The molecule has 0 spiro atoms. The van der Waals surface area contributed by atoms with Crippen molar-refractivity contribution in [2.75, 3.05) is 18.0 Å². The summed E-state index contributed by atoms with van der Waals surface area (Å²) in [4.78, 5) is 14.6. The maximum Gasteiger partial charge on any atom is 0.223 e. The smallest absolute Gasteiger partial charge is 0.223 e. The van der Waals surface area contributed by atoms with Crippen LogP contribution in [0.25, 0.3) is 16.6 Å². The highest BCUT2D eigenvalue weighted by Crippen LogP contribution is 2.32. The quantitative estimate of drug-likeness (QED) is 0.692. The van der Waals surface area contributed by atoms with Crippen LogP contribution in [0.5, 0.6) is 0 Å². The van der Waals surface area contributed by atoms with Crippen molar-refractivity contribution in [3.05, 3.63) is 40.7 Å². The molecule has 1 saturated heterocycles. The number of anilines is 1. The maximum absolute atomic E-state index is 12.4. The molecule has 3 heterocycles. The fraction of sp³-hybridized carbons (Fsp3) is 0.455. The lowest BCUT2D eigenvalue weighted by Gasteiger charge is -2.32. The second-order valence-corrected chi connectivity index (χ2v) is 8.79. The number of nitrogens with one attached hydrogen (secondary N) is 1. The van der Waals surface area contributed by atoms with Crippen molar-refractivity contribution < 1.29 is 4.79 Å². The monoisotopic (exact) mass is 424 g/mol. The Kier molecular flexibility index (Phi) is 4.85. The molecule has 1 N–H and O–H groups in total. The summed E-state index contributed by atoms with van der Waals surface area (Å²) in [5.74, 6) is 1.09. The molecule has 1 amide bonds. The van der Waals surface area contributed by atoms with Crippen LogP contribution in [0.4, 0.5) is 5.82 Å². The largest absolute Gasteiger partial charge is 0.353 e. The first-order valence-electron chi connectivity index (χ1n) is 10.5. The van der Waals surface area contributed by atoms with E-state index in [2.05, 4.69) is 27.3 Å². The number of nitrogens with zero attached hydrogens (tertiary/aromatic N) is 5. The van der Waals surface area contributed by atoms with Crippen molar-refractivity contribution in [3.63, 3.8) is 0 Å². The Morgan fingerprint density at radius 3 is 2.43 bits per heavy atom. The molecule has 8 heteroatoms. The van der Waals surface area contributed by atoms with E-state index >= 15 is 0 Å². The average molecular weight is 425 g/mol. The Morgan fingerprint density at radius 1 is 1.07 bits per heavy atom. The highest BCUT2D eigenvalue weighted by Gasteiger charge is 2.31. The summed E-state index contributed by atoms with van der Waals surface area (Å²) in [5, 5.41) is 18.7. The number of aromatic nitrogens is 4. The first-order chi connectivity index (χ1) is 14.5. The Hall–Kier alpha value is -2.67. The minimum Gasteiger partial charge on any atom is -0.353 e. The molecule has 2 aromatic heterocycles. The van der Waals surface area contributed by atoms with Crippen molar-refractivity contribution >= 4 is 34.2 Å². The fourth-order valence-electron chi connectivity index (χ4n) is 4.26. The number of piperidine rings is 1. The van der Waals surface area contributed by atoms with Crippen LogP contribution in [-0.2, 0) is 4.79 Å². The molecular weight excluding hydrogens is 400 g/mol. The molecule has 1 saturated carbocycles. The highest BCUT2D eigenvalue weighted by molar-refractivity contribution is 6.30. The van der Waals surface area contributed by atoms with E-state index in [0.717, 1.165) is 72.6 Å². The lowest BCUT2D eigenvalue weighted by atomic mass is 9.95. The zero-order chi connectivity index (χ0) is 20.8. The molecule has 5 rings (SSSR count). The van der Waals surface area contributed by atoms with Crippen LogP contribution < -0.4 is 10.2 Å². The summed E-state index contributed by atoms with van der Waals surface area (Å²) < 4.78 is 1.93. The van der Waals surface area contributed by atoms with Gasteiger partial charge in [0.05, 0.1) is 22.5 Å². The van der Waals surface area contributed by atoms with E-state index in [1.807, 2.05) is 35.9 Å². The first-order valence-corrected chi connectivity index (χ1v) is 10.9. The Bertz CT molecular complexity index is 1100. The number of hydrogen-bond donors (Lipinski definition) is 1. The minimum absolute atomic E-state index is 0.0871. The van der Waals surface area contributed by atoms with Crippen LogP contribution >= 0.6 is 11.6 Å². The molecule has 7 nitrogen and oxygen atoms in total. The zero-order valence-corrected chi connectivity index (χ0v) is 18.0. The summed E-state index contributed by atoms with van der Waals surface area (Å²) in [5.41, 5.74) is 3.70. The zero-order valence-electron chi connectivity index (χ0n) is 17.2. The molecular formula is C22H25ClN6O. The van der Waals surface area contributed by atoms with Gasteiger partial charge in [0.25, 0.3) is 0 Å². The van der Waals surface area contributed by atoms with Crippen molar-refractivity contribution in [3.8, 4) is 5.69 Å². The third-order valence-electron chi connectivity index (χ3n) is 6.14. The van der Waals surface area contributed by atoms with Crippen LogP contribution in [0.3, 0.4) is 0 Å². The van der Waals surface area contributed by atoms with E-state index in [1.54, 1.807) is 0 Å². The van der Waals surface area contributed by atoms with E-state index < -0.39 is 0 Å². The molecule has 0 radical (unpaired) electrons. The van der Waals surface area contributed by atoms with Gasteiger partial charge in [-0.2, -0.15) is 10.2 Å². The van der Waals surface area contributed by atoms with E-state index in [4.69, 9.17) is 16.7 Å². The number of amides is 1. The number of halogens is 1. The van der Waals surface area contributed by atoms with Crippen LogP contribution in [0.1, 0.15) is 37.1 Å². The van der Waals surface area contributed by atoms with Crippen LogP contribution in [0.2, 0.25) is 5.02 Å². The molecule has 2 aliphatic rings. The first kappa shape index (κ1) is 19.3. The lowest BCUT2D eigenvalue weighted by Crippen LogP contribution is -2.41. The lowest BCUT2D eigenvalue weighted by molar-refractivity contribution is -0.125. The summed E-state index contributed by atoms with van der Waals surface area (Å²) in [6.07, 6.45) is 3.90. The van der Waals surface area contributed by atoms with Crippen LogP contribution in [0, 0.1) is 19.8 Å². The summed E-state index contributed by atoms with van der Waals surface area (Å²) in [6.45, 7) is 5.58. The van der Waals surface area contributed by atoms with E-state index in [9.17, 15) is 4.79 Å². The van der Waals surface area contributed by atoms with Crippen molar-refractivity contribution in [2.24, 2.45) is 5.92 Å². The number of rotatable bonds is 4. The summed E-state index contributed by atoms with van der Waals surface area (Å²) >= 11 is 6.05. The van der Waals surface area contributed by atoms with Gasteiger partial charge in [0.15, 0.2) is 5.82 Å². The second kappa shape index (κ2) is 7.54. The van der Waals surface area contributed by atoms with Crippen LogP contribution in [0.15, 0.2) is 24.3 Å². The number of carbonyl (C=O) groups excluding carboxylic acids is 1. The predicted octanol–water partition coefficient (Wildman–Crippen LogP) is 3.58. The van der Waals surface area contributed by atoms with Gasteiger partial charge in [-0.15, -0.1) is 5.10 Å². The minimum atomic E-state index is 0.0871. The number of aryl methyl sites for hydroxylation is 2. The van der Waals surface area contributed by atoms with E-state index in [1.165, 1.54) is 0 Å². The average Bonchev–Trinajstić information content (AvgIpc) is 3.50. The van der Waals surface area contributed by atoms with Gasteiger partial charge in [0, 0.05) is 30.1 Å². The van der Waals surface area contributed by atoms with Gasteiger partial charge < -0.3 is 10.2 Å². The van der Waals surface area contributed by atoms with Gasteiger partial charge in [0.1, 0.15) is 5.52 Å². The van der Waals surface area contributed by atoms with Gasteiger partial charge in [-0.3, -0.25) is 4.79 Å². The molecule has 1 aromatic carbocycles. The number of benzene rings is 1. The molecule has 30 heavy (non-hydrogen) atoms. The standard InChI is InChI=1S/C22H25ClN6O/c1-13-19-14(2)29(18-7-3-16(23)4-8-18)27-20(19)21(26-25-13)28-11-9-15(10-12-28)22(30)24-17-5-6-17/h3-4,7-8,15,17H,5-6,9-12H2,1-2H3,(H,24,30). The Morgan fingerprint density at radius 2 is 1.77 bits per heavy atom. The van der Waals surface area contributed by atoms with Crippen LogP contribution in [-0.4, -0.2) is 45.0 Å². The molecule has 1 aliphatic heterocycles. The molecule has 0 unspecified atom stereocenters. The topological polar surface area (TPSA) is 75.9 Å². The van der Waals surface area contributed by atoms with Gasteiger partial charge >= 0.3 is 0 Å². The van der Waals surface area contributed by atoms with Gasteiger partial charge in [-0.25, -0.2) is 4.68 Å². The molecule has 3 aromatic rings.